The number of anilines is 1. The molecule has 0 aliphatic carbocycles. The molecule has 0 saturated heterocycles. The monoisotopic (exact) mass is 315 g/mol. The summed E-state index contributed by atoms with van der Waals surface area (Å²) in [5.41, 5.74) is 6.21. The number of aromatic nitrogens is 2. The first-order valence-corrected chi connectivity index (χ1v) is 5.11. The van der Waals surface area contributed by atoms with Crippen LogP contribution in [0, 0.1) is 3.57 Å². The van der Waals surface area contributed by atoms with Crippen molar-refractivity contribution in [3.8, 4) is 0 Å². The largest absolute Gasteiger partial charge is 0.478 e. The Bertz CT molecular complexity index is 556. The minimum absolute atomic E-state index is 0.143. The zero-order valence-corrected chi connectivity index (χ0v) is 9.59. The van der Waals surface area contributed by atoms with Crippen LogP contribution < -0.4 is 5.73 Å². The van der Waals surface area contributed by atoms with Crippen molar-refractivity contribution < 1.29 is 9.90 Å². The van der Waals surface area contributed by atoms with Crippen molar-refractivity contribution in [2.45, 2.75) is 0 Å². The molecule has 76 valence electrons. The molecule has 0 aromatic carbocycles. The number of carbonyl (C=O) groups is 1. The average molecular weight is 315 g/mol. The number of pyridine rings is 2. The van der Waals surface area contributed by atoms with Crippen LogP contribution in [0.25, 0.3) is 11.0 Å². The van der Waals surface area contributed by atoms with E-state index in [0.717, 1.165) is 3.57 Å². The van der Waals surface area contributed by atoms with Gasteiger partial charge in [-0.05, 0) is 34.7 Å². The predicted molar refractivity (Wildman–Crippen MR) is 63.6 cm³/mol. The first kappa shape index (κ1) is 10.1. The summed E-state index contributed by atoms with van der Waals surface area (Å²) in [4.78, 5) is 18.7. The number of carboxylic acids is 1. The molecule has 0 spiro atoms. The summed E-state index contributed by atoms with van der Waals surface area (Å²) in [5, 5.41) is 9.46. The highest BCUT2D eigenvalue weighted by molar-refractivity contribution is 14.1. The standard InChI is InChI=1S/C9H6IN3O2/c10-6-2-4-1-5(9(14)15)3-12-8(4)13-7(6)11/h1-3H,(H,14,15)(H2,11,12,13). The number of carboxylic acid groups (broad SMARTS) is 1. The van der Waals surface area contributed by atoms with Crippen LogP contribution in [0.3, 0.4) is 0 Å². The fourth-order valence-corrected chi connectivity index (χ4v) is 1.63. The maximum Gasteiger partial charge on any atom is 0.337 e. The summed E-state index contributed by atoms with van der Waals surface area (Å²) in [6.45, 7) is 0. The van der Waals surface area contributed by atoms with Crippen molar-refractivity contribution in [3.05, 3.63) is 27.5 Å². The van der Waals surface area contributed by atoms with E-state index in [-0.39, 0.29) is 5.56 Å². The van der Waals surface area contributed by atoms with Crippen LogP contribution in [-0.4, -0.2) is 21.0 Å². The fourth-order valence-electron chi connectivity index (χ4n) is 1.17. The van der Waals surface area contributed by atoms with Crippen LogP contribution in [0.5, 0.6) is 0 Å². The van der Waals surface area contributed by atoms with Gasteiger partial charge in [0, 0.05) is 11.6 Å². The average Bonchev–Trinajstić information content (AvgIpc) is 2.19. The molecule has 2 aromatic heterocycles. The molecule has 2 aromatic rings. The molecular weight excluding hydrogens is 309 g/mol. The molecule has 0 fully saturated rings. The summed E-state index contributed by atoms with van der Waals surface area (Å²) in [5.74, 6) is -0.602. The molecule has 6 heteroatoms. The van der Waals surface area contributed by atoms with Crippen LogP contribution in [0.1, 0.15) is 10.4 Å². The van der Waals surface area contributed by atoms with Gasteiger partial charge in [0.2, 0.25) is 0 Å². The van der Waals surface area contributed by atoms with E-state index in [2.05, 4.69) is 9.97 Å². The Balaban J connectivity index is 2.72. The van der Waals surface area contributed by atoms with E-state index in [9.17, 15) is 4.79 Å². The molecule has 0 aliphatic rings. The number of nitrogens with two attached hydrogens (primary N) is 1. The van der Waals surface area contributed by atoms with Crippen LogP contribution in [-0.2, 0) is 0 Å². The molecule has 0 unspecified atom stereocenters. The van der Waals surface area contributed by atoms with Gasteiger partial charge in [-0.25, -0.2) is 14.8 Å². The van der Waals surface area contributed by atoms with E-state index < -0.39 is 5.97 Å². The lowest BCUT2D eigenvalue weighted by molar-refractivity contribution is 0.0696. The van der Waals surface area contributed by atoms with Gasteiger partial charge in [-0.3, -0.25) is 0 Å². The van der Waals surface area contributed by atoms with Crippen molar-refractivity contribution in [3.63, 3.8) is 0 Å². The molecule has 2 rings (SSSR count). The predicted octanol–water partition coefficient (Wildman–Crippen LogP) is 1.51. The fraction of sp³-hybridized carbons (Fsp3) is 0. The summed E-state index contributed by atoms with van der Waals surface area (Å²) >= 11 is 2.04. The van der Waals surface area contributed by atoms with Gasteiger partial charge >= 0.3 is 5.97 Å². The van der Waals surface area contributed by atoms with Gasteiger partial charge in [0.05, 0.1) is 9.13 Å². The Kier molecular flexibility index (Phi) is 2.43. The SMILES string of the molecule is Nc1nc2ncc(C(=O)O)cc2cc1I. The highest BCUT2D eigenvalue weighted by Gasteiger charge is 2.07. The molecule has 3 N–H and O–H groups in total. The highest BCUT2D eigenvalue weighted by Crippen LogP contribution is 2.19. The Morgan fingerprint density at radius 1 is 1.47 bits per heavy atom. The van der Waals surface area contributed by atoms with Crippen molar-refractivity contribution >= 4 is 45.4 Å². The maximum atomic E-state index is 10.7. The molecule has 5 nitrogen and oxygen atoms in total. The number of rotatable bonds is 1. The summed E-state index contributed by atoms with van der Waals surface area (Å²) < 4.78 is 0.782. The molecule has 0 amide bonds. The first-order valence-electron chi connectivity index (χ1n) is 4.03. The van der Waals surface area contributed by atoms with E-state index in [0.29, 0.717) is 16.9 Å². The molecular formula is C9H6IN3O2. The number of aromatic carboxylic acids is 1. The summed E-state index contributed by atoms with van der Waals surface area (Å²) in [6.07, 6.45) is 1.27. The molecule has 0 bridgehead atoms. The third-order valence-electron chi connectivity index (χ3n) is 1.90. The lowest BCUT2D eigenvalue weighted by atomic mass is 10.2. The highest BCUT2D eigenvalue weighted by atomic mass is 127. The van der Waals surface area contributed by atoms with Crippen LogP contribution in [0.15, 0.2) is 18.3 Å². The zero-order valence-electron chi connectivity index (χ0n) is 7.44. The third kappa shape index (κ3) is 1.84. The molecule has 0 aliphatic heterocycles. The van der Waals surface area contributed by atoms with Gasteiger partial charge < -0.3 is 10.8 Å². The van der Waals surface area contributed by atoms with Gasteiger partial charge in [0.25, 0.3) is 0 Å². The van der Waals surface area contributed by atoms with Gasteiger partial charge in [0.15, 0.2) is 5.65 Å². The van der Waals surface area contributed by atoms with Crippen molar-refractivity contribution in [2.24, 2.45) is 0 Å². The van der Waals surface area contributed by atoms with E-state index in [1.807, 2.05) is 22.6 Å². The number of fused-ring (bicyclic) bond motifs is 1. The van der Waals surface area contributed by atoms with Gasteiger partial charge in [-0.1, -0.05) is 0 Å². The molecule has 0 saturated carbocycles. The van der Waals surface area contributed by atoms with E-state index >= 15 is 0 Å². The van der Waals surface area contributed by atoms with Crippen molar-refractivity contribution in [1.82, 2.24) is 9.97 Å². The summed E-state index contributed by atoms with van der Waals surface area (Å²) in [7, 11) is 0. The second-order valence-corrected chi connectivity index (χ2v) is 4.09. The van der Waals surface area contributed by atoms with Gasteiger partial charge in [-0.2, -0.15) is 0 Å². The first-order chi connectivity index (χ1) is 7.08. The Morgan fingerprint density at radius 3 is 2.87 bits per heavy atom. The second-order valence-electron chi connectivity index (χ2n) is 2.93. The third-order valence-corrected chi connectivity index (χ3v) is 2.76. The van der Waals surface area contributed by atoms with Crippen LogP contribution >= 0.6 is 22.6 Å². The molecule has 0 atom stereocenters. The van der Waals surface area contributed by atoms with Gasteiger partial charge in [-0.15, -0.1) is 0 Å². The number of nitrogens with zero attached hydrogens (tertiary/aromatic N) is 2. The number of hydrogen-bond acceptors (Lipinski definition) is 4. The lowest BCUT2D eigenvalue weighted by Gasteiger charge is -2.01. The maximum absolute atomic E-state index is 10.7. The van der Waals surface area contributed by atoms with Gasteiger partial charge in [0.1, 0.15) is 5.82 Å². The van der Waals surface area contributed by atoms with E-state index in [4.69, 9.17) is 10.8 Å². The van der Waals surface area contributed by atoms with Crippen molar-refractivity contribution in [2.75, 3.05) is 5.73 Å². The molecule has 15 heavy (non-hydrogen) atoms. The normalized spacial score (nSPS) is 10.5. The Morgan fingerprint density at radius 2 is 2.20 bits per heavy atom. The Labute approximate surface area is 98.5 Å². The molecule has 2 heterocycles. The number of halogens is 1. The lowest BCUT2D eigenvalue weighted by Crippen LogP contribution is -2.00. The summed E-state index contributed by atoms with van der Waals surface area (Å²) in [6, 6.07) is 3.29. The minimum atomic E-state index is -1.00. The minimum Gasteiger partial charge on any atom is -0.478 e. The van der Waals surface area contributed by atoms with E-state index in [1.54, 1.807) is 6.07 Å². The van der Waals surface area contributed by atoms with Crippen LogP contribution in [0.2, 0.25) is 0 Å². The topological polar surface area (TPSA) is 89.1 Å². The number of hydrogen-bond donors (Lipinski definition) is 2. The van der Waals surface area contributed by atoms with Crippen molar-refractivity contribution in [1.29, 1.82) is 0 Å². The van der Waals surface area contributed by atoms with Crippen LogP contribution in [0.4, 0.5) is 5.82 Å². The smallest absolute Gasteiger partial charge is 0.337 e. The quantitative estimate of drug-likeness (QED) is 0.779. The Hall–Kier alpha value is -1.44. The van der Waals surface area contributed by atoms with E-state index in [1.165, 1.54) is 12.3 Å². The molecule has 0 radical (unpaired) electrons. The zero-order chi connectivity index (χ0) is 11.0. The second kappa shape index (κ2) is 3.61. The number of nitrogen functional groups attached to an aromatic ring is 1.